The molecule has 121 heavy (non-hydrogen) atoms. The van der Waals surface area contributed by atoms with Crippen LogP contribution in [-0.2, 0) is 10.8 Å². The van der Waals surface area contributed by atoms with E-state index in [-0.39, 0.29) is 17.5 Å². The number of hydrogen-bond donors (Lipinski definition) is 0. The molecule has 4 heterocycles. The number of nitrogens with zero attached hydrogens (tertiary/aromatic N) is 4. The molecule has 4 nitrogen and oxygen atoms in total. The molecule has 574 valence electrons. The lowest BCUT2D eigenvalue weighted by atomic mass is 9.33. The Labute approximate surface area is 708 Å². The Morgan fingerprint density at radius 2 is 0.455 bits per heavy atom. The van der Waals surface area contributed by atoms with E-state index in [2.05, 4.69) is 479 Å². The Bertz CT molecular complexity index is 6940. The van der Waals surface area contributed by atoms with E-state index in [0.717, 1.165) is 145 Å². The average molecular weight is 1550 g/mol. The first-order chi connectivity index (χ1) is 59.3. The van der Waals surface area contributed by atoms with Crippen LogP contribution in [0.25, 0.3) is 155 Å². The molecule has 0 unspecified atom stereocenters. The number of benzene rings is 18. The number of aromatic nitrogens is 2. The molecular formula is C116H87BN4. The van der Waals surface area contributed by atoms with Crippen molar-refractivity contribution in [3.63, 3.8) is 0 Å². The van der Waals surface area contributed by atoms with Crippen LogP contribution in [-0.4, -0.2) is 15.8 Å². The van der Waals surface area contributed by atoms with Crippen molar-refractivity contribution in [2.24, 2.45) is 0 Å². The Morgan fingerprint density at radius 1 is 0.198 bits per heavy atom. The Kier molecular flexibility index (Phi) is 17.5. The first-order valence-corrected chi connectivity index (χ1v) is 42.4. The molecule has 0 aliphatic carbocycles. The lowest BCUT2D eigenvalue weighted by molar-refractivity contribution is 0.590. The number of para-hydroxylation sites is 4. The Morgan fingerprint density at radius 3 is 0.777 bits per heavy atom. The van der Waals surface area contributed by atoms with Gasteiger partial charge in [-0.3, -0.25) is 0 Å². The van der Waals surface area contributed by atoms with Crippen molar-refractivity contribution in [3.05, 3.63) is 430 Å². The molecule has 0 atom stereocenters. The van der Waals surface area contributed by atoms with Crippen LogP contribution in [0.2, 0.25) is 0 Å². The van der Waals surface area contributed by atoms with Gasteiger partial charge in [0.15, 0.2) is 0 Å². The monoisotopic (exact) mass is 1550 g/mol. The number of anilines is 6. The molecule has 0 spiro atoms. The standard InChI is InChI=1S/C116H87BN4/c1-115(2,3)90-70-98(79-40-18-10-19-41-79)113(100(72-90)87-50-32-48-85(66-87)83-46-30-44-81(64-83)76-34-12-7-13-35-76)120-108-74-92(118-104-56-26-22-52-94(104)95-53-23-27-57-105(95)118)60-62-102(108)117-103-63-61-93(119-106-58-28-24-54-96(106)97-55-25-29-59-107(97)119)75-109(103)121(111-69-89(68-110(120)112(111)117)78-38-16-9-17-39-78)114-99(80-42-20-11-21-43-80)71-91(116(4,5)6)73-101(114)88-51-33-49-86(67-88)84-47-31-45-82(65-84)77-36-14-8-15-37-77/h7-75H,1-6H3. The van der Waals surface area contributed by atoms with Crippen molar-refractivity contribution < 1.29 is 0 Å². The third kappa shape index (κ3) is 12.5. The molecule has 18 aromatic carbocycles. The second-order valence-corrected chi connectivity index (χ2v) is 34.8. The third-order valence-corrected chi connectivity index (χ3v) is 25.3. The Hall–Kier alpha value is -14.8. The maximum absolute atomic E-state index is 2.74. The van der Waals surface area contributed by atoms with Crippen LogP contribution in [0.15, 0.2) is 419 Å². The normalized spacial score (nSPS) is 12.5. The third-order valence-electron chi connectivity index (χ3n) is 25.3. The maximum atomic E-state index is 2.74. The number of fused-ring (bicyclic) bond motifs is 10. The van der Waals surface area contributed by atoms with E-state index < -0.39 is 0 Å². The van der Waals surface area contributed by atoms with Crippen molar-refractivity contribution in [1.82, 2.24) is 9.13 Å². The van der Waals surface area contributed by atoms with Crippen LogP contribution in [0.3, 0.4) is 0 Å². The first-order valence-electron chi connectivity index (χ1n) is 42.4. The van der Waals surface area contributed by atoms with Gasteiger partial charge in [0, 0.05) is 77.9 Å². The summed E-state index contributed by atoms with van der Waals surface area (Å²) in [5, 5.41) is 4.85. The predicted molar refractivity (Wildman–Crippen MR) is 515 cm³/mol. The van der Waals surface area contributed by atoms with Gasteiger partial charge in [0.2, 0.25) is 0 Å². The van der Waals surface area contributed by atoms with Crippen LogP contribution in [0.4, 0.5) is 34.1 Å². The minimum Gasteiger partial charge on any atom is -0.310 e. The number of hydrogen-bond acceptors (Lipinski definition) is 2. The quantitative estimate of drug-likeness (QED) is 0.107. The zero-order chi connectivity index (χ0) is 81.2. The maximum Gasteiger partial charge on any atom is 0.252 e. The van der Waals surface area contributed by atoms with Crippen LogP contribution < -0.4 is 26.2 Å². The lowest BCUT2D eigenvalue weighted by Crippen LogP contribution is -2.61. The highest BCUT2D eigenvalue weighted by Gasteiger charge is 2.46. The molecule has 0 N–H and O–H groups in total. The summed E-state index contributed by atoms with van der Waals surface area (Å²) in [6.07, 6.45) is 0. The van der Waals surface area contributed by atoms with Gasteiger partial charge in [-0.25, -0.2) is 0 Å². The molecule has 2 aliphatic rings. The van der Waals surface area contributed by atoms with Gasteiger partial charge in [-0.05, 0) is 225 Å². The molecule has 0 saturated heterocycles. The second kappa shape index (κ2) is 29.1. The zero-order valence-electron chi connectivity index (χ0n) is 68.7. The highest BCUT2D eigenvalue weighted by Crippen LogP contribution is 2.57. The summed E-state index contributed by atoms with van der Waals surface area (Å²) < 4.78 is 5.02. The summed E-state index contributed by atoms with van der Waals surface area (Å²) >= 11 is 0. The van der Waals surface area contributed by atoms with Crippen LogP contribution >= 0.6 is 0 Å². The summed E-state index contributed by atoms with van der Waals surface area (Å²) in [5.74, 6) is 0. The average Bonchev–Trinajstić information content (AvgIpc) is 1.04. The highest BCUT2D eigenvalue weighted by atomic mass is 15.2. The van der Waals surface area contributed by atoms with Gasteiger partial charge in [-0.2, -0.15) is 0 Å². The van der Waals surface area contributed by atoms with Crippen molar-refractivity contribution in [3.8, 4) is 112 Å². The van der Waals surface area contributed by atoms with Crippen LogP contribution in [0.5, 0.6) is 0 Å². The fourth-order valence-corrected chi connectivity index (χ4v) is 19.4. The molecular weight excluding hydrogens is 1460 g/mol. The topological polar surface area (TPSA) is 16.3 Å². The molecule has 0 amide bonds. The van der Waals surface area contributed by atoms with Crippen LogP contribution in [0, 0.1) is 0 Å². The van der Waals surface area contributed by atoms with Crippen molar-refractivity contribution in [2.45, 2.75) is 52.4 Å². The lowest BCUT2D eigenvalue weighted by Gasteiger charge is -2.46. The molecule has 0 bridgehead atoms. The van der Waals surface area contributed by atoms with Gasteiger partial charge in [0.25, 0.3) is 6.71 Å². The zero-order valence-corrected chi connectivity index (χ0v) is 68.7. The molecule has 20 aromatic rings. The smallest absolute Gasteiger partial charge is 0.252 e. The molecule has 5 heteroatoms. The molecule has 0 radical (unpaired) electrons. The summed E-state index contributed by atoms with van der Waals surface area (Å²) in [6.45, 7) is 13.9. The first kappa shape index (κ1) is 72.7. The van der Waals surface area contributed by atoms with Gasteiger partial charge >= 0.3 is 0 Å². The van der Waals surface area contributed by atoms with E-state index in [4.69, 9.17) is 0 Å². The van der Waals surface area contributed by atoms with Crippen molar-refractivity contribution in [2.75, 3.05) is 9.80 Å². The predicted octanol–water partition coefficient (Wildman–Crippen LogP) is 29.6. The van der Waals surface area contributed by atoms with Crippen molar-refractivity contribution in [1.29, 1.82) is 0 Å². The van der Waals surface area contributed by atoms with Gasteiger partial charge in [0.1, 0.15) is 0 Å². The highest BCUT2D eigenvalue weighted by molar-refractivity contribution is 7.00. The summed E-state index contributed by atoms with van der Waals surface area (Å²) in [4.78, 5) is 5.48. The van der Waals surface area contributed by atoms with E-state index in [0.29, 0.717) is 0 Å². The summed E-state index contributed by atoms with van der Waals surface area (Å²) in [7, 11) is 0. The fourth-order valence-electron chi connectivity index (χ4n) is 19.4. The number of rotatable bonds is 13. The van der Waals surface area contributed by atoms with E-state index in [1.54, 1.807) is 0 Å². The molecule has 2 aromatic heterocycles. The molecule has 0 saturated carbocycles. The van der Waals surface area contributed by atoms with E-state index >= 15 is 0 Å². The van der Waals surface area contributed by atoms with E-state index in [1.807, 2.05) is 0 Å². The minimum atomic E-state index is -0.317. The second-order valence-electron chi connectivity index (χ2n) is 34.8. The van der Waals surface area contributed by atoms with Gasteiger partial charge in [-0.15, -0.1) is 0 Å². The molecule has 0 fully saturated rings. The SMILES string of the molecule is CC(C)(C)c1cc(-c2ccccc2)c(N2c3cc(-n4c5ccccc5c5ccccc54)ccc3B3c4ccc(-n5c6ccccc6c6ccccc65)cc4N(c4c(-c5ccccc5)cc(C(C)(C)C)cc4-c4cccc(-c5cccc(-c6ccccc6)c5)c4)c4cc(-c5ccccc5)cc2c43)c(-c2cccc(-c3cccc(-c4ccccc4)c3)c2)c1. The minimum absolute atomic E-state index is 0.274. The summed E-state index contributed by atoms with van der Waals surface area (Å²) in [6, 6.07) is 158. The van der Waals surface area contributed by atoms with Gasteiger partial charge < -0.3 is 18.9 Å². The largest absolute Gasteiger partial charge is 0.310 e. The summed E-state index contributed by atoms with van der Waals surface area (Å²) in [5.41, 5.74) is 39.4. The van der Waals surface area contributed by atoms with E-state index in [1.165, 1.54) is 71.3 Å². The van der Waals surface area contributed by atoms with Crippen LogP contribution in [0.1, 0.15) is 52.7 Å². The molecule has 22 rings (SSSR count). The van der Waals surface area contributed by atoms with Gasteiger partial charge in [0.05, 0.1) is 33.4 Å². The fraction of sp³-hybridized carbons (Fsp3) is 0.0690. The van der Waals surface area contributed by atoms with Crippen molar-refractivity contribution >= 4 is 101 Å². The molecule has 2 aliphatic heterocycles. The Balaban J connectivity index is 0.901. The van der Waals surface area contributed by atoms with E-state index in [9.17, 15) is 0 Å². The van der Waals surface area contributed by atoms with Gasteiger partial charge in [-0.1, -0.05) is 351 Å².